The van der Waals surface area contributed by atoms with Gasteiger partial charge in [0, 0.05) is 16.6 Å². The third kappa shape index (κ3) is 5.20. The van der Waals surface area contributed by atoms with E-state index in [0.717, 1.165) is 4.47 Å². The lowest BCUT2D eigenvalue weighted by Crippen LogP contribution is -2.33. The lowest BCUT2D eigenvalue weighted by atomic mass is 9.86. The fraction of sp³-hybridized carbons (Fsp3) is 0.348. The van der Waals surface area contributed by atoms with Crippen LogP contribution in [0.25, 0.3) is 0 Å². The number of Topliss-reactive ketones (excluding diaryl/α,β-unsaturated/α-hetero) is 2. The molecule has 8 heteroatoms. The molecule has 0 saturated carbocycles. The molecule has 2 atom stereocenters. The average molecular weight is 490 g/mol. The van der Waals surface area contributed by atoms with Crippen molar-refractivity contribution in [2.75, 3.05) is 33.0 Å². The molecule has 0 spiro atoms. The molecule has 2 aromatic rings. The van der Waals surface area contributed by atoms with Crippen molar-refractivity contribution in [2.45, 2.75) is 13.0 Å². The van der Waals surface area contributed by atoms with E-state index in [1.165, 1.54) is 4.90 Å². The topological polar surface area (TPSA) is 93.1 Å². The molecule has 1 saturated heterocycles. The fourth-order valence-electron chi connectivity index (χ4n) is 3.65. The van der Waals surface area contributed by atoms with E-state index in [2.05, 4.69) is 15.9 Å². The average Bonchev–Trinajstić information content (AvgIpc) is 3.02. The number of halogens is 1. The van der Waals surface area contributed by atoms with Crippen LogP contribution in [-0.4, -0.2) is 60.5 Å². The Kier molecular flexibility index (Phi) is 7.95. The number of aliphatic hydroxyl groups excluding tert-OH is 1. The van der Waals surface area contributed by atoms with E-state index in [-0.39, 0.29) is 26.4 Å². The zero-order valence-corrected chi connectivity index (χ0v) is 18.7. The molecule has 0 radical (unpaired) electrons. The summed E-state index contributed by atoms with van der Waals surface area (Å²) in [5, 5.41) is 8.89. The molecule has 1 amide bonds. The van der Waals surface area contributed by atoms with Crippen molar-refractivity contribution in [3.05, 3.63) is 64.1 Å². The molecule has 0 aromatic heterocycles. The molecule has 31 heavy (non-hydrogen) atoms. The van der Waals surface area contributed by atoms with Gasteiger partial charge < -0.3 is 19.5 Å². The summed E-state index contributed by atoms with van der Waals surface area (Å²) >= 11 is 3.33. The van der Waals surface area contributed by atoms with Gasteiger partial charge in [-0.3, -0.25) is 14.4 Å². The number of ketones is 2. The first-order chi connectivity index (χ1) is 15.0. The molecule has 0 aliphatic carbocycles. The van der Waals surface area contributed by atoms with Crippen LogP contribution in [0.4, 0.5) is 0 Å². The standard InChI is InChI=1S/C23H24BrNO6/c1-2-31-18-9-5-15(6-10-18)20-19(21(27)16-3-7-17(24)8-4-16)22(28)23(29)25(20)11-13-30-14-12-26/h3-10,19-20,26H,2,11-14H2,1H3. The Hall–Kier alpha value is -2.55. The Morgan fingerprint density at radius 1 is 1.06 bits per heavy atom. The first kappa shape index (κ1) is 23.1. The minimum absolute atomic E-state index is 0.130. The highest BCUT2D eigenvalue weighted by atomic mass is 79.9. The summed E-state index contributed by atoms with van der Waals surface area (Å²) in [7, 11) is 0. The molecule has 0 bridgehead atoms. The highest BCUT2D eigenvalue weighted by Crippen LogP contribution is 2.38. The maximum atomic E-state index is 13.3. The Morgan fingerprint density at radius 3 is 2.35 bits per heavy atom. The number of hydrogen-bond donors (Lipinski definition) is 1. The van der Waals surface area contributed by atoms with Gasteiger partial charge in [-0.05, 0) is 36.8 Å². The molecule has 3 rings (SSSR count). The van der Waals surface area contributed by atoms with E-state index in [4.69, 9.17) is 14.6 Å². The largest absolute Gasteiger partial charge is 0.494 e. The maximum Gasteiger partial charge on any atom is 0.291 e. The fourth-order valence-corrected chi connectivity index (χ4v) is 3.92. The lowest BCUT2D eigenvalue weighted by Gasteiger charge is -2.27. The summed E-state index contributed by atoms with van der Waals surface area (Å²) in [5.74, 6) is -2.32. The zero-order chi connectivity index (χ0) is 22.4. The normalized spacial score (nSPS) is 18.5. The van der Waals surface area contributed by atoms with Crippen LogP contribution in [0.5, 0.6) is 5.75 Å². The summed E-state index contributed by atoms with van der Waals surface area (Å²) in [6, 6.07) is 13.0. The molecular weight excluding hydrogens is 466 g/mol. The van der Waals surface area contributed by atoms with Gasteiger partial charge in [-0.15, -0.1) is 0 Å². The number of benzene rings is 2. The first-order valence-corrected chi connectivity index (χ1v) is 10.8. The second-order valence-corrected chi connectivity index (χ2v) is 7.91. The number of carbonyl (C=O) groups is 3. The number of nitrogens with zero attached hydrogens (tertiary/aromatic N) is 1. The zero-order valence-electron chi connectivity index (χ0n) is 17.1. The minimum atomic E-state index is -1.15. The van der Waals surface area contributed by atoms with Gasteiger partial charge in [-0.1, -0.05) is 40.2 Å². The summed E-state index contributed by atoms with van der Waals surface area (Å²) in [6.07, 6.45) is 0. The number of amides is 1. The van der Waals surface area contributed by atoms with Crippen molar-refractivity contribution in [1.29, 1.82) is 0 Å². The van der Waals surface area contributed by atoms with Crippen molar-refractivity contribution in [3.8, 4) is 5.75 Å². The van der Waals surface area contributed by atoms with E-state index in [9.17, 15) is 14.4 Å². The summed E-state index contributed by atoms with van der Waals surface area (Å²) in [5.41, 5.74) is 1.03. The van der Waals surface area contributed by atoms with Gasteiger partial charge in [0.15, 0.2) is 5.78 Å². The highest BCUT2D eigenvalue weighted by molar-refractivity contribution is 9.10. The molecule has 1 aliphatic rings. The minimum Gasteiger partial charge on any atom is -0.494 e. The number of likely N-dealkylation sites (tertiary alicyclic amines) is 1. The van der Waals surface area contributed by atoms with Crippen LogP contribution in [0.15, 0.2) is 53.0 Å². The molecule has 164 valence electrons. The molecule has 2 unspecified atom stereocenters. The predicted octanol–water partition coefficient (Wildman–Crippen LogP) is 2.81. The Bertz CT molecular complexity index is 928. The predicted molar refractivity (Wildman–Crippen MR) is 117 cm³/mol. The van der Waals surface area contributed by atoms with Gasteiger partial charge in [0.1, 0.15) is 11.7 Å². The van der Waals surface area contributed by atoms with Crippen molar-refractivity contribution in [1.82, 2.24) is 4.90 Å². The molecular formula is C23H24BrNO6. The van der Waals surface area contributed by atoms with Gasteiger partial charge in [0.25, 0.3) is 5.91 Å². The molecule has 1 N–H and O–H groups in total. The van der Waals surface area contributed by atoms with Crippen LogP contribution in [0, 0.1) is 5.92 Å². The third-order valence-electron chi connectivity index (χ3n) is 5.06. The summed E-state index contributed by atoms with van der Waals surface area (Å²) in [4.78, 5) is 40.4. The maximum absolute atomic E-state index is 13.3. The molecule has 7 nitrogen and oxygen atoms in total. The summed E-state index contributed by atoms with van der Waals surface area (Å²) in [6.45, 7) is 2.66. The van der Waals surface area contributed by atoms with Gasteiger partial charge in [0.05, 0.1) is 32.5 Å². The van der Waals surface area contributed by atoms with E-state index < -0.39 is 29.4 Å². The molecule has 1 aliphatic heterocycles. The Morgan fingerprint density at radius 2 is 1.74 bits per heavy atom. The van der Waals surface area contributed by atoms with E-state index in [1.807, 2.05) is 6.92 Å². The van der Waals surface area contributed by atoms with E-state index in [0.29, 0.717) is 23.5 Å². The Balaban J connectivity index is 1.95. The number of carbonyl (C=O) groups excluding carboxylic acids is 3. The van der Waals surface area contributed by atoms with Gasteiger partial charge in [-0.25, -0.2) is 0 Å². The van der Waals surface area contributed by atoms with Crippen LogP contribution in [-0.2, 0) is 14.3 Å². The van der Waals surface area contributed by atoms with Crippen LogP contribution in [0.3, 0.4) is 0 Å². The smallest absolute Gasteiger partial charge is 0.291 e. The van der Waals surface area contributed by atoms with Gasteiger partial charge >= 0.3 is 0 Å². The number of aliphatic hydroxyl groups is 1. The van der Waals surface area contributed by atoms with Crippen LogP contribution in [0.2, 0.25) is 0 Å². The molecule has 1 heterocycles. The number of rotatable bonds is 10. The van der Waals surface area contributed by atoms with E-state index in [1.54, 1.807) is 48.5 Å². The number of hydrogen-bond acceptors (Lipinski definition) is 6. The lowest BCUT2D eigenvalue weighted by molar-refractivity contribution is -0.141. The van der Waals surface area contributed by atoms with Gasteiger partial charge in [-0.2, -0.15) is 0 Å². The van der Waals surface area contributed by atoms with Crippen LogP contribution in [0.1, 0.15) is 28.9 Å². The summed E-state index contributed by atoms with van der Waals surface area (Å²) < 4.78 is 11.6. The van der Waals surface area contributed by atoms with Crippen LogP contribution >= 0.6 is 15.9 Å². The monoisotopic (exact) mass is 489 g/mol. The van der Waals surface area contributed by atoms with Gasteiger partial charge in [0.2, 0.25) is 5.78 Å². The second-order valence-electron chi connectivity index (χ2n) is 6.99. The first-order valence-electron chi connectivity index (χ1n) is 10.0. The third-order valence-corrected chi connectivity index (χ3v) is 5.59. The van der Waals surface area contributed by atoms with Crippen LogP contribution < -0.4 is 4.74 Å². The molecule has 1 fully saturated rings. The second kappa shape index (κ2) is 10.7. The van der Waals surface area contributed by atoms with Crippen molar-refractivity contribution >= 4 is 33.4 Å². The van der Waals surface area contributed by atoms with Crippen molar-refractivity contribution in [2.24, 2.45) is 5.92 Å². The number of ether oxygens (including phenoxy) is 2. The molecule has 2 aromatic carbocycles. The SMILES string of the molecule is CCOc1ccc(C2C(C(=O)c3ccc(Br)cc3)C(=O)C(=O)N2CCOCCO)cc1. The van der Waals surface area contributed by atoms with E-state index >= 15 is 0 Å². The quantitative estimate of drug-likeness (QED) is 0.238. The van der Waals surface area contributed by atoms with Crippen molar-refractivity contribution in [3.63, 3.8) is 0 Å². The Labute approximate surface area is 189 Å². The van der Waals surface area contributed by atoms with Crippen molar-refractivity contribution < 1.29 is 29.0 Å². The highest BCUT2D eigenvalue weighted by Gasteiger charge is 2.51.